The van der Waals surface area contributed by atoms with Crippen molar-refractivity contribution in [3.63, 3.8) is 0 Å². The maximum Gasteiger partial charge on any atom is 0.269 e. The minimum Gasteiger partial charge on any atom is -0.497 e. The molecule has 0 aromatic carbocycles. The molecule has 2 atom stereocenters. The molecule has 0 radical (unpaired) electrons. The summed E-state index contributed by atoms with van der Waals surface area (Å²) in [6.45, 7) is 2.19. The van der Waals surface area contributed by atoms with Gasteiger partial charge in [-0.25, -0.2) is 0 Å². The number of ether oxygens (including phenoxy) is 2. The van der Waals surface area contributed by atoms with Gasteiger partial charge < -0.3 is 19.7 Å². The molecule has 0 unspecified atom stereocenters. The number of methoxy groups -OCH3 is 2. The van der Waals surface area contributed by atoms with E-state index in [-0.39, 0.29) is 0 Å². The number of aliphatic hydroxyl groups is 2. The highest BCUT2D eigenvalue weighted by Gasteiger charge is 2.58. The van der Waals surface area contributed by atoms with Crippen molar-refractivity contribution in [2.75, 3.05) is 28.3 Å². The molecule has 174 valence electrons. The van der Waals surface area contributed by atoms with Gasteiger partial charge >= 0.3 is 0 Å². The van der Waals surface area contributed by atoms with Crippen LogP contribution in [0.1, 0.15) is 26.7 Å². The van der Waals surface area contributed by atoms with Crippen LogP contribution < -0.4 is 0 Å². The molecule has 0 saturated carbocycles. The standard InChI is InChI=1S/C20H24N2O10/c1-9(23)7-19(29)13(31-5)11(15(25)21(3)17(19)27)12-14(32-6)20(30,8-10(2)24)18(28)22(4)16(12)26/h29-30H,7-8H2,1-6H3/t19-,20-/m1/s1. The first-order valence-corrected chi connectivity index (χ1v) is 9.35. The van der Waals surface area contributed by atoms with Crippen molar-refractivity contribution in [1.29, 1.82) is 0 Å². The van der Waals surface area contributed by atoms with Crippen LogP contribution in [0.2, 0.25) is 0 Å². The highest BCUT2D eigenvalue weighted by atomic mass is 16.5. The fraction of sp³-hybridized carbons (Fsp3) is 0.500. The number of Topliss-reactive ketones (excluding diaryl/α,β-unsaturated/α-hetero) is 2. The van der Waals surface area contributed by atoms with Crippen LogP contribution in [0.15, 0.2) is 22.7 Å². The average molecular weight is 452 g/mol. The van der Waals surface area contributed by atoms with Gasteiger partial charge in [0.15, 0.2) is 11.5 Å². The molecular formula is C20H24N2O10. The van der Waals surface area contributed by atoms with Gasteiger partial charge in [-0.1, -0.05) is 0 Å². The molecule has 0 fully saturated rings. The van der Waals surface area contributed by atoms with Gasteiger partial charge in [0, 0.05) is 14.1 Å². The number of hydrogen-bond donors (Lipinski definition) is 2. The number of likely N-dealkylation sites (N-methyl/N-ethyl adjacent to an activating group) is 2. The topological polar surface area (TPSA) is 168 Å². The molecule has 2 rings (SSSR count). The predicted octanol–water partition coefficient (Wildman–Crippen LogP) is -1.79. The maximum absolute atomic E-state index is 13.1. The number of nitrogens with zero attached hydrogens (tertiary/aromatic N) is 2. The minimum atomic E-state index is -2.65. The van der Waals surface area contributed by atoms with E-state index in [2.05, 4.69) is 0 Å². The summed E-state index contributed by atoms with van der Waals surface area (Å²) >= 11 is 0. The molecule has 0 aliphatic carbocycles. The van der Waals surface area contributed by atoms with Crippen LogP contribution in [-0.2, 0) is 38.2 Å². The summed E-state index contributed by atoms with van der Waals surface area (Å²) < 4.78 is 10.3. The van der Waals surface area contributed by atoms with Gasteiger partial charge in [0.1, 0.15) is 11.6 Å². The number of carbonyl (C=O) groups excluding carboxylic acids is 6. The van der Waals surface area contributed by atoms with Crippen LogP contribution in [0, 0.1) is 0 Å². The second kappa shape index (κ2) is 8.28. The molecule has 2 aliphatic heterocycles. The Kier molecular flexibility index (Phi) is 6.44. The Labute approximate surface area is 183 Å². The maximum atomic E-state index is 13.1. The van der Waals surface area contributed by atoms with Crippen LogP contribution in [0.4, 0.5) is 0 Å². The molecule has 0 bridgehead atoms. The molecule has 12 nitrogen and oxygen atoms in total. The molecule has 2 heterocycles. The summed E-state index contributed by atoms with van der Waals surface area (Å²) in [7, 11) is 4.03. The van der Waals surface area contributed by atoms with E-state index in [0.29, 0.717) is 9.80 Å². The van der Waals surface area contributed by atoms with Crippen molar-refractivity contribution in [2.45, 2.75) is 37.9 Å². The Morgan fingerprint density at radius 3 is 1.25 bits per heavy atom. The first kappa shape index (κ1) is 24.9. The number of carbonyl (C=O) groups is 6. The third kappa shape index (κ3) is 3.50. The van der Waals surface area contributed by atoms with Crippen LogP contribution in [0.3, 0.4) is 0 Å². The second-order valence-electron chi connectivity index (χ2n) is 7.63. The summed E-state index contributed by atoms with van der Waals surface area (Å²) in [6, 6.07) is 0. The average Bonchev–Trinajstić information content (AvgIpc) is 2.69. The van der Waals surface area contributed by atoms with Crippen molar-refractivity contribution >= 4 is 35.2 Å². The van der Waals surface area contributed by atoms with E-state index in [0.717, 1.165) is 42.2 Å². The second-order valence-corrected chi connectivity index (χ2v) is 7.63. The van der Waals surface area contributed by atoms with Gasteiger partial charge in [0.2, 0.25) is 11.2 Å². The first-order chi connectivity index (χ1) is 14.7. The van der Waals surface area contributed by atoms with Crippen LogP contribution in [0.25, 0.3) is 0 Å². The number of imide groups is 2. The molecule has 0 spiro atoms. The van der Waals surface area contributed by atoms with Gasteiger partial charge in [-0.05, 0) is 13.8 Å². The van der Waals surface area contributed by atoms with Crippen LogP contribution >= 0.6 is 0 Å². The van der Waals surface area contributed by atoms with E-state index in [1.807, 2.05) is 0 Å². The number of rotatable bonds is 7. The summed E-state index contributed by atoms with van der Waals surface area (Å²) in [5.74, 6) is -7.31. The van der Waals surface area contributed by atoms with Crippen molar-refractivity contribution in [3.8, 4) is 0 Å². The largest absolute Gasteiger partial charge is 0.497 e. The van der Waals surface area contributed by atoms with Crippen molar-refractivity contribution in [2.24, 2.45) is 0 Å². The van der Waals surface area contributed by atoms with Crippen molar-refractivity contribution < 1.29 is 48.5 Å². The SMILES string of the molecule is COC1=C(C2=C(OC)[C@](O)(CC(C)=O)C(=O)N(C)C2=O)C(=O)N(C)C(=O)[C@@]1(O)CC(C)=O. The van der Waals surface area contributed by atoms with Gasteiger partial charge in [0.05, 0.1) is 38.2 Å². The first-order valence-electron chi connectivity index (χ1n) is 9.35. The zero-order chi connectivity index (χ0) is 24.8. The molecule has 0 aromatic heterocycles. The fourth-order valence-corrected chi connectivity index (χ4v) is 3.89. The predicted molar refractivity (Wildman–Crippen MR) is 104 cm³/mol. The number of amides is 4. The van der Waals surface area contributed by atoms with Crippen molar-refractivity contribution in [3.05, 3.63) is 22.7 Å². The zero-order valence-corrected chi connectivity index (χ0v) is 18.5. The monoisotopic (exact) mass is 452 g/mol. The zero-order valence-electron chi connectivity index (χ0n) is 18.5. The number of hydrogen-bond acceptors (Lipinski definition) is 10. The molecule has 0 saturated heterocycles. The molecule has 2 aliphatic rings. The molecular weight excluding hydrogens is 428 g/mol. The van der Waals surface area contributed by atoms with Gasteiger partial charge in [-0.2, -0.15) is 0 Å². The van der Waals surface area contributed by atoms with E-state index < -0.39 is 81.9 Å². The summed E-state index contributed by atoms with van der Waals surface area (Å²) in [6.07, 6.45) is -1.57. The normalized spacial score (nSPS) is 26.8. The Morgan fingerprint density at radius 2 is 1.03 bits per heavy atom. The highest BCUT2D eigenvalue weighted by Crippen LogP contribution is 2.41. The van der Waals surface area contributed by atoms with Gasteiger partial charge in [0.25, 0.3) is 23.6 Å². The Bertz CT molecular complexity index is 930. The lowest BCUT2D eigenvalue weighted by Crippen LogP contribution is -2.60. The van der Waals surface area contributed by atoms with E-state index in [1.165, 1.54) is 0 Å². The minimum absolute atomic E-state index is 0.481. The number of ketones is 2. The lowest BCUT2D eigenvalue weighted by Gasteiger charge is -2.41. The van der Waals surface area contributed by atoms with E-state index >= 15 is 0 Å². The third-order valence-corrected chi connectivity index (χ3v) is 5.23. The summed E-state index contributed by atoms with van der Waals surface area (Å²) in [4.78, 5) is 76.1. The fourth-order valence-electron chi connectivity index (χ4n) is 3.89. The highest BCUT2D eigenvalue weighted by molar-refractivity contribution is 6.23. The van der Waals surface area contributed by atoms with Crippen LogP contribution in [0.5, 0.6) is 0 Å². The Morgan fingerprint density at radius 1 is 0.750 bits per heavy atom. The lowest BCUT2D eigenvalue weighted by molar-refractivity contribution is -0.163. The van der Waals surface area contributed by atoms with E-state index in [1.54, 1.807) is 0 Å². The van der Waals surface area contributed by atoms with Gasteiger partial charge in [-0.15, -0.1) is 0 Å². The molecule has 4 amide bonds. The molecule has 0 aromatic rings. The molecule has 2 N–H and O–H groups in total. The summed E-state index contributed by atoms with van der Waals surface area (Å²) in [5, 5.41) is 22.2. The quantitative estimate of drug-likeness (QED) is 0.421. The van der Waals surface area contributed by atoms with E-state index in [4.69, 9.17) is 9.47 Å². The smallest absolute Gasteiger partial charge is 0.269 e. The third-order valence-electron chi connectivity index (χ3n) is 5.23. The Balaban J connectivity index is 3.04. The molecule has 12 heteroatoms. The van der Waals surface area contributed by atoms with Gasteiger partial charge in [-0.3, -0.25) is 38.6 Å². The summed E-state index contributed by atoms with van der Waals surface area (Å²) in [5.41, 5.74) is -6.68. The Hall–Kier alpha value is -3.38. The molecule has 32 heavy (non-hydrogen) atoms. The van der Waals surface area contributed by atoms with Crippen molar-refractivity contribution in [1.82, 2.24) is 9.80 Å². The lowest BCUT2D eigenvalue weighted by atomic mass is 9.79. The van der Waals surface area contributed by atoms with E-state index in [9.17, 15) is 39.0 Å². The van der Waals surface area contributed by atoms with Crippen LogP contribution in [-0.4, -0.2) is 94.7 Å².